The summed E-state index contributed by atoms with van der Waals surface area (Å²) >= 11 is 0. The van der Waals surface area contributed by atoms with Gasteiger partial charge in [-0.15, -0.1) is 0 Å². The molecule has 0 N–H and O–H groups in total. The molecule has 2 aromatic rings. The second kappa shape index (κ2) is 17.1. The van der Waals surface area contributed by atoms with Crippen molar-refractivity contribution in [2.75, 3.05) is 0 Å². The molecule has 1 atom stereocenters. The minimum Gasteiger partial charge on any atom is -0.0804 e. The van der Waals surface area contributed by atoms with Crippen LogP contribution in [0.4, 0.5) is 0 Å². The summed E-state index contributed by atoms with van der Waals surface area (Å²) < 4.78 is 0. The molecular formula is C39H58. The molecule has 1 unspecified atom stereocenters. The molecule has 0 aliphatic heterocycles. The molecule has 0 spiro atoms. The van der Waals surface area contributed by atoms with Crippen molar-refractivity contribution in [1.82, 2.24) is 0 Å². The molecule has 2 aromatic carbocycles. The molecule has 0 radical (unpaired) electrons. The number of hydrogen-bond acceptors (Lipinski definition) is 0. The van der Waals surface area contributed by atoms with Crippen LogP contribution in [0.15, 0.2) is 54.6 Å². The molecular weight excluding hydrogens is 468 g/mol. The second-order valence-corrected chi connectivity index (χ2v) is 13.0. The van der Waals surface area contributed by atoms with Crippen molar-refractivity contribution in [3.63, 3.8) is 0 Å². The van der Waals surface area contributed by atoms with Crippen molar-refractivity contribution in [3.8, 4) is 11.1 Å². The van der Waals surface area contributed by atoms with Gasteiger partial charge in [0.15, 0.2) is 0 Å². The van der Waals surface area contributed by atoms with Crippen LogP contribution in [0, 0.1) is 11.8 Å². The summed E-state index contributed by atoms with van der Waals surface area (Å²) in [7, 11) is 0. The van der Waals surface area contributed by atoms with E-state index in [1.54, 1.807) is 11.1 Å². The maximum absolute atomic E-state index is 2.54. The maximum Gasteiger partial charge on any atom is -0.0162 e. The van der Waals surface area contributed by atoms with E-state index in [4.69, 9.17) is 0 Å². The molecule has 1 fully saturated rings. The summed E-state index contributed by atoms with van der Waals surface area (Å²) in [5.41, 5.74) is 7.30. The van der Waals surface area contributed by atoms with E-state index in [-0.39, 0.29) is 0 Å². The maximum atomic E-state index is 2.54. The van der Waals surface area contributed by atoms with Gasteiger partial charge in [-0.1, -0.05) is 152 Å². The largest absolute Gasteiger partial charge is 0.0804 e. The van der Waals surface area contributed by atoms with Crippen molar-refractivity contribution in [2.45, 2.75) is 148 Å². The van der Waals surface area contributed by atoms with E-state index in [1.165, 1.54) is 145 Å². The van der Waals surface area contributed by atoms with E-state index in [0.29, 0.717) is 0 Å². The molecule has 2 aliphatic rings. The third kappa shape index (κ3) is 9.95. The molecule has 0 heterocycles. The van der Waals surface area contributed by atoms with E-state index >= 15 is 0 Å². The van der Waals surface area contributed by atoms with Gasteiger partial charge in [-0.2, -0.15) is 0 Å². The van der Waals surface area contributed by atoms with Crippen molar-refractivity contribution in [2.24, 2.45) is 11.8 Å². The first kappa shape index (κ1) is 30.1. The van der Waals surface area contributed by atoms with Crippen LogP contribution in [-0.4, -0.2) is 0 Å². The SMILES string of the molecule is CCCCCCCCCCC1CCC(c2ccc(-c3ccc(C4=CCC(CCCCC)CC4)cc3)cc2)CC1. The quantitative estimate of drug-likeness (QED) is 0.191. The Bertz CT molecular complexity index is 939. The first-order valence-electron chi connectivity index (χ1n) is 17.2. The van der Waals surface area contributed by atoms with Gasteiger partial charge in [0.1, 0.15) is 0 Å². The lowest BCUT2D eigenvalue weighted by Crippen LogP contribution is -2.13. The van der Waals surface area contributed by atoms with Crippen molar-refractivity contribution < 1.29 is 0 Å². The number of unbranched alkanes of at least 4 members (excludes halogenated alkanes) is 9. The minimum absolute atomic E-state index is 0.778. The highest BCUT2D eigenvalue weighted by atomic mass is 14.3. The van der Waals surface area contributed by atoms with E-state index in [2.05, 4.69) is 68.5 Å². The van der Waals surface area contributed by atoms with Crippen LogP contribution in [0.25, 0.3) is 16.7 Å². The van der Waals surface area contributed by atoms with Gasteiger partial charge >= 0.3 is 0 Å². The van der Waals surface area contributed by atoms with Gasteiger partial charge in [0.05, 0.1) is 0 Å². The van der Waals surface area contributed by atoms with Gasteiger partial charge in [-0.3, -0.25) is 0 Å². The molecule has 0 aromatic heterocycles. The molecule has 0 bridgehead atoms. The van der Waals surface area contributed by atoms with Gasteiger partial charge in [-0.25, -0.2) is 0 Å². The van der Waals surface area contributed by atoms with E-state index in [1.807, 2.05) is 0 Å². The molecule has 0 saturated heterocycles. The average molecular weight is 527 g/mol. The number of allylic oxidation sites excluding steroid dienone is 2. The normalized spacial score (nSPS) is 21.6. The Labute approximate surface area is 242 Å². The van der Waals surface area contributed by atoms with Crippen LogP contribution in [0.5, 0.6) is 0 Å². The number of rotatable bonds is 16. The first-order chi connectivity index (χ1) is 19.3. The summed E-state index contributed by atoms with van der Waals surface area (Å²) in [6, 6.07) is 19.0. The van der Waals surface area contributed by atoms with E-state index in [0.717, 1.165) is 17.8 Å². The Hall–Kier alpha value is -1.82. The molecule has 0 nitrogen and oxygen atoms in total. The fourth-order valence-electron chi connectivity index (χ4n) is 7.27. The lowest BCUT2D eigenvalue weighted by Gasteiger charge is -2.29. The molecule has 0 heteroatoms. The van der Waals surface area contributed by atoms with Gasteiger partial charge in [-0.05, 0) is 90.5 Å². The van der Waals surface area contributed by atoms with Gasteiger partial charge in [0.2, 0.25) is 0 Å². The van der Waals surface area contributed by atoms with Gasteiger partial charge in [0.25, 0.3) is 0 Å². The summed E-state index contributed by atoms with van der Waals surface area (Å²) in [5.74, 6) is 2.69. The summed E-state index contributed by atoms with van der Waals surface area (Å²) in [6.07, 6.45) is 30.7. The van der Waals surface area contributed by atoms with E-state index < -0.39 is 0 Å². The Morgan fingerprint density at radius 1 is 0.513 bits per heavy atom. The fourth-order valence-corrected chi connectivity index (χ4v) is 7.27. The monoisotopic (exact) mass is 526 g/mol. The van der Waals surface area contributed by atoms with E-state index in [9.17, 15) is 0 Å². The second-order valence-electron chi connectivity index (χ2n) is 13.0. The van der Waals surface area contributed by atoms with Crippen LogP contribution < -0.4 is 0 Å². The Morgan fingerprint density at radius 2 is 1.03 bits per heavy atom. The molecule has 1 saturated carbocycles. The van der Waals surface area contributed by atoms with Gasteiger partial charge in [0, 0.05) is 0 Å². The molecule has 214 valence electrons. The lowest BCUT2D eigenvalue weighted by molar-refractivity contribution is 0.302. The van der Waals surface area contributed by atoms with Crippen LogP contribution in [0.1, 0.15) is 159 Å². The molecule has 0 amide bonds. The summed E-state index contributed by atoms with van der Waals surface area (Å²) in [4.78, 5) is 0. The smallest absolute Gasteiger partial charge is 0.0162 e. The third-order valence-corrected chi connectivity index (χ3v) is 10.0. The van der Waals surface area contributed by atoms with Crippen LogP contribution >= 0.6 is 0 Å². The topological polar surface area (TPSA) is 0 Å². The third-order valence-electron chi connectivity index (χ3n) is 10.0. The first-order valence-corrected chi connectivity index (χ1v) is 17.2. The average Bonchev–Trinajstić information content (AvgIpc) is 3.00. The highest BCUT2D eigenvalue weighted by Gasteiger charge is 2.22. The zero-order chi connectivity index (χ0) is 27.1. The Morgan fingerprint density at radius 3 is 1.64 bits per heavy atom. The Kier molecular flexibility index (Phi) is 13.2. The van der Waals surface area contributed by atoms with Gasteiger partial charge < -0.3 is 0 Å². The fraction of sp³-hybridized carbons (Fsp3) is 0.641. The molecule has 39 heavy (non-hydrogen) atoms. The minimum atomic E-state index is 0.778. The van der Waals surface area contributed by atoms with Crippen molar-refractivity contribution in [3.05, 3.63) is 65.7 Å². The lowest BCUT2D eigenvalue weighted by atomic mass is 9.77. The molecule has 2 aliphatic carbocycles. The summed E-state index contributed by atoms with van der Waals surface area (Å²) in [6.45, 7) is 4.61. The zero-order valence-corrected chi connectivity index (χ0v) is 25.6. The Balaban J connectivity index is 1.17. The standard InChI is InChI=1S/C39H58/c1-3-5-7-8-9-10-11-13-15-33-18-22-35(23-19-33)37-26-30-39(31-27-37)38-28-24-36(25-29-38)34-20-16-32(17-21-34)14-12-6-4-2/h20,24-33,35H,3-19,21-23H2,1-2H3. The highest BCUT2D eigenvalue weighted by molar-refractivity contribution is 5.71. The zero-order valence-electron chi connectivity index (χ0n) is 25.6. The van der Waals surface area contributed by atoms with Crippen molar-refractivity contribution in [1.29, 1.82) is 0 Å². The van der Waals surface area contributed by atoms with Crippen LogP contribution in [0.3, 0.4) is 0 Å². The summed E-state index contributed by atoms with van der Waals surface area (Å²) in [5, 5.41) is 0. The van der Waals surface area contributed by atoms with Crippen LogP contribution in [0.2, 0.25) is 0 Å². The number of hydrogen-bond donors (Lipinski definition) is 0. The van der Waals surface area contributed by atoms with Crippen molar-refractivity contribution >= 4 is 5.57 Å². The number of benzene rings is 2. The predicted molar refractivity (Wildman–Crippen MR) is 173 cm³/mol. The highest BCUT2D eigenvalue weighted by Crippen LogP contribution is 2.39. The predicted octanol–water partition coefficient (Wildman–Crippen LogP) is 12.9. The van der Waals surface area contributed by atoms with Crippen LogP contribution in [-0.2, 0) is 0 Å². The molecule has 4 rings (SSSR count).